The average molecular weight is 305 g/mol. The van der Waals surface area contributed by atoms with Gasteiger partial charge in [-0.25, -0.2) is 4.98 Å². The number of aromatic nitrogens is 1. The van der Waals surface area contributed by atoms with Gasteiger partial charge in [-0.2, -0.15) is 0 Å². The zero-order chi connectivity index (χ0) is 13.9. The Kier molecular flexibility index (Phi) is 4.05. The van der Waals surface area contributed by atoms with E-state index in [0.717, 1.165) is 30.1 Å². The molecule has 0 radical (unpaired) electrons. The van der Waals surface area contributed by atoms with Gasteiger partial charge in [-0.3, -0.25) is 10.1 Å². The van der Waals surface area contributed by atoms with Crippen molar-refractivity contribution in [3.63, 3.8) is 0 Å². The van der Waals surface area contributed by atoms with E-state index in [2.05, 4.69) is 15.6 Å². The Morgan fingerprint density at radius 3 is 3.10 bits per heavy atom. The molecule has 2 N–H and O–H groups in total. The number of hydrogen-bond donors (Lipinski definition) is 2. The molecule has 0 atom stereocenters. The fourth-order valence-electron chi connectivity index (χ4n) is 2.18. The third-order valence-corrected chi connectivity index (χ3v) is 4.98. The van der Waals surface area contributed by atoms with Gasteiger partial charge in [0.25, 0.3) is 5.91 Å². The molecule has 6 heteroatoms. The summed E-state index contributed by atoms with van der Waals surface area (Å²) >= 11 is 3.13. The number of fused-ring (bicyclic) bond motifs is 1. The molecule has 2 heterocycles. The van der Waals surface area contributed by atoms with Crippen molar-refractivity contribution in [3.05, 3.63) is 40.4 Å². The molecule has 3 rings (SSSR count). The van der Waals surface area contributed by atoms with Crippen LogP contribution in [0.1, 0.15) is 20.9 Å². The van der Waals surface area contributed by atoms with Crippen molar-refractivity contribution >= 4 is 34.1 Å². The van der Waals surface area contributed by atoms with Crippen LogP contribution in [0.5, 0.6) is 0 Å². The lowest BCUT2D eigenvalue weighted by molar-refractivity contribution is 0.102. The van der Waals surface area contributed by atoms with Gasteiger partial charge >= 0.3 is 0 Å². The number of carbonyl (C=O) groups is 1. The second kappa shape index (κ2) is 5.95. The quantitative estimate of drug-likeness (QED) is 0.856. The number of anilines is 1. The zero-order valence-corrected chi connectivity index (χ0v) is 12.7. The summed E-state index contributed by atoms with van der Waals surface area (Å²) in [5.74, 6) is -0.0889. The standard InChI is InChI=1S/C14H15N3OS2/c1-19-11-5-3-2-4-9(11)13(18)17-14-16-10-6-7-15-8-12(10)20-14/h2-5,15H,6-8H2,1H3,(H,16,17,18). The van der Waals surface area contributed by atoms with E-state index in [4.69, 9.17) is 0 Å². The molecule has 0 fully saturated rings. The number of nitrogens with one attached hydrogen (secondary N) is 2. The van der Waals surface area contributed by atoms with E-state index in [1.54, 1.807) is 23.1 Å². The summed E-state index contributed by atoms with van der Waals surface area (Å²) in [4.78, 5) is 19.1. The molecule has 0 bridgehead atoms. The zero-order valence-electron chi connectivity index (χ0n) is 11.1. The lowest BCUT2D eigenvalue weighted by Crippen LogP contribution is -2.22. The van der Waals surface area contributed by atoms with Crippen molar-refractivity contribution < 1.29 is 4.79 Å². The molecule has 1 aromatic heterocycles. The van der Waals surface area contributed by atoms with Crippen LogP contribution in [0.2, 0.25) is 0 Å². The fraction of sp³-hybridized carbons (Fsp3) is 0.286. The van der Waals surface area contributed by atoms with Crippen LogP contribution in [0.25, 0.3) is 0 Å². The Morgan fingerprint density at radius 2 is 2.30 bits per heavy atom. The predicted octanol–water partition coefficient (Wildman–Crippen LogP) is 2.76. The topological polar surface area (TPSA) is 54.0 Å². The maximum Gasteiger partial charge on any atom is 0.258 e. The minimum absolute atomic E-state index is 0.0889. The molecule has 104 valence electrons. The number of hydrogen-bond acceptors (Lipinski definition) is 5. The largest absolute Gasteiger partial charge is 0.311 e. The van der Waals surface area contributed by atoms with Crippen molar-refractivity contribution in [1.29, 1.82) is 0 Å². The Balaban J connectivity index is 1.80. The molecule has 1 aliphatic rings. The van der Waals surface area contributed by atoms with Gasteiger partial charge in [0.1, 0.15) is 0 Å². The summed E-state index contributed by atoms with van der Waals surface area (Å²) in [6, 6.07) is 7.62. The highest BCUT2D eigenvalue weighted by atomic mass is 32.2. The molecule has 0 saturated carbocycles. The summed E-state index contributed by atoms with van der Waals surface area (Å²) in [6.07, 6.45) is 2.91. The molecule has 1 aromatic carbocycles. The van der Waals surface area contributed by atoms with Gasteiger partial charge in [-0.1, -0.05) is 12.1 Å². The molecule has 1 amide bonds. The molecule has 2 aromatic rings. The van der Waals surface area contributed by atoms with Gasteiger partial charge in [0.15, 0.2) is 5.13 Å². The number of thioether (sulfide) groups is 1. The van der Waals surface area contributed by atoms with Gasteiger partial charge < -0.3 is 5.32 Å². The van der Waals surface area contributed by atoms with Crippen LogP contribution in [0.3, 0.4) is 0 Å². The second-order valence-corrected chi connectivity index (χ2v) is 6.40. The molecule has 20 heavy (non-hydrogen) atoms. The van der Waals surface area contributed by atoms with Crippen molar-refractivity contribution in [2.45, 2.75) is 17.9 Å². The van der Waals surface area contributed by atoms with Gasteiger partial charge in [-0.05, 0) is 18.4 Å². The van der Waals surface area contributed by atoms with E-state index in [9.17, 15) is 4.79 Å². The second-order valence-electron chi connectivity index (χ2n) is 4.47. The molecule has 0 unspecified atom stereocenters. The predicted molar refractivity (Wildman–Crippen MR) is 83.7 cm³/mol. The minimum Gasteiger partial charge on any atom is -0.311 e. The summed E-state index contributed by atoms with van der Waals surface area (Å²) in [6.45, 7) is 1.81. The number of nitrogens with zero attached hydrogens (tertiary/aromatic N) is 1. The summed E-state index contributed by atoms with van der Waals surface area (Å²) in [5.41, 5.74) is 1.81. The monoisotopic (exact) mass is 305 g/mol. The van der Waals surface area contributed by atoms with Gasteiger partial charge in [0, 0.05) is 29.3 Å². The Hall–Kier alpha value is -1.37. The Labute approximate surface area is 126 Å². The highest BCUT2D eigenvalue weighted by molar-refractivity contribution is 7.98. The molecule has 1 aliphatic heterocycles. The van der Waals surface area contributed by atoms with E-state index in [-0.39, 0.29) is 5.91 Å². The molecule has 4 nitrogen and oxygen atoms in total. The van der Waals surface area contributed by atoms with Gasteiger partial charge in [0.05, 0.1) is 11.3 Å². The third-order valence-electron chi connectivity index (χ3n) is 3.17. The van der Waals surface area contributed by atoms with Crippen LogP contribution in [-0.2, 0) is 13.0 Å². The lowest BCUT2D eigenvalue weighted by Gasteiger charge is -2.09. The van der Waals surface area contributed by atoms with E-state index in [1.165, 1.54) is 4.88 Å². The molecule has 0 aliphatic carbocycles. The first kappa shape index (κ1) is 13.6. The number of amides is 1. The van der Waals surface area contributed by atoms with Crippen LogP contribution in [0.15, 0.2) is 29.2 Å². The summed E-state index contributed by atoms with van der Waals surface area (Å²) in [7, 11) is 0. The summed E-state index contributed by atoms with van der Waals surface area (Å²) < 4.78 is 0. The highest BCUT2D eigenvalue weighted by Crippen LogP contribution is 2.27. The maximum atomic E-state index is 12.3. The first-order chi connectivity index (χ1) is 9.78. The number of thiazole rings is 1. The van der Waals surface area contributed by atoms with Crippen molar-refractivity contribution in [3.8, 4) is 0 Å². The summed E-state index contributed by atoms with van der Waals surface area (Å²) in [5, 5.41) is 6.92. The highest BCUT2D eigenvalue weighted by Gasteiger charge is 2.17. The van der Waals surface area contributed by atoms with Crippen LogP contribution in [0, 0.1) is 0 Å². The van der Waals surface area contributed by atoms with Crippen LogP contribution in [-0.4, -0.2) is 23.7 Å². The fourth-order valence-corrected chi connectivity index (χ4v) is 3.74. The minimum atomic E-state index is -0.0889. The third kappa shape index (κ3) is 2.72. The normalized spacial score (nSPS) is 13.8. The average Bonchev–Trinajstić information content (AvgIpc) is 2.89. The van der Waals surface area contributed by atoms with Gasteiger partial charge in [0.2, 0.25) is 0 Å². The Bertz CT molecular complexity index is 616. The first-order valence-electron chi connectivity index (χ1n) is 6.41. The van der Waals surface area contributed by atoms with E-state index in [1.807, 2.05) is 30.5 Å². The van der Waals surface area contributed by atoms with Gasteiger partial charge in [-0.15, -0.1) is 23.1 Å². The molecule has 0 saturated heterocycles. The van der Waals surface area contributed by atoms with Crippen LogP contribution in [0.4, 0.5) is 5.13 Å². The van der Waals surface area contributed by atoms with Crippen LogP contribution < -0.4 is 10.6 Å². The Morgan fingerprint density at radius 1 is 1.45 bits per heavy atom. The van der Waals surface area contributed by atoms with E-state index >= 15 is 0 Å². The van der Waals surface area contributed by atoms with Crippen molar-refractivity contribution in [2.75, 3.05) is 18.1 Å². The number of benzene rings is 1. The van der Waals surface area contributed by atoms with Crippen LogP contribution >= 0.6 is 23.1 Å². The van der Waals surface area contributed by atoms with Crippen molar-refractivity contribution in [2.24, 2.45) is 0 Å². The molecule has 0 spiro atoms. The number of rotatable bonds is 3. The van der Waals surface area contributed by atoms with Crippen molar-refractivity contribution in [1.82, 2.24) is 10.3 Å². The SMILES string of the molecule is CSc1ccccc1C(=O)Nc1nc2c(s1)CNCC2. The maximum absolute atomic E-state index is 12.3. The van der Waals surface area contributed by atoms with E-state index < -0.39 is 0 Å². The van der Waals surface area contributed by atoms with E-state index in [0.29, 0.717) is 10.7 Å². The molecular weight excluding hydrogens is 290 g/mol. The first-order valence-corrected chi connectivity index (χ1v) is 8.45. The lowest BCUT2D eigenvalue weighted by atomic mass is 10.2. The number of carbonyl (C=O) groups excluding carboxylic acids is 1. The smallest absolute Gasteiger partial charge is 0.258 e. The molecular formula is C14H15N3OS2.